The number of carboxylic acid groups (broad SMARTS) is 1. The number of nitrogens with one attached hydrogen (secondary N) is 1. The minimum atomic E-state index is -0.908. The zero-order valence-corrected chi connectivity index (χ0v) is 10.5. The van der Waals surface area contributed by atoms with Crippen molar-refractivity contribution in [3.05, 3.63) is 0 Å². The lowest BCUT2D eigenvalue weighted by Gasteiger charge is -2.06. The molecular formula is C11H23ClN2O2. The third-order valence-electron chi connectivity index (χ3n) is 2.42. The number of unbranched alkanes of at least 4 members (excludes halogenated alkanes) is 3. The molecule has 0 aromatic heterocycles. The third kappa shape index (κ3) is 10.2. The molecule has 5 heteroatoms. The first-order valence-electron chi connectivity index (χ1n) is 5.93. The molecule has 4 N–H and O–H groups in total. The SMILES string of the molecule is N[C@@H](CCCCNCCCCCCl)C(=O)O. The van der Waals surface area contributed by atoms with Crippen LogP contribution in [0.25, 0.3) is 0 Å². The Bertz CT molecular complexity index is 179. The van der Waals surface area contributed by atoms with Crippen molar-refractivity contribution in [2.45, 2.75) is 44.6 Å². The molecule has 0 aromatic rings. The van der Waals surface area contributed by atoms with Crippen LogP contribution < -0.4 is 11.1 Å². The number of carbonyl (C=O) groups is 1. The molecule has 0 aliphatic rings. The van der Waals surface area contributed by atoms with E-state index in [9.17, 15) is 4.79 Å². The Morgan fingerprint density at radius 1 is 1.19 bits per heavy atom. The highest BCUT2D eigenvalue weighted by molar-refractivity contribution is 6.17. The summed E-state index contributed by atoms with van der Waals surface area (Å²) in [6.45, 7) is 1.95. The van der Waals surface area contributed by atoms with Crippen molar-refractivity contribution in [2.24, 2.45) is 5.73 Å². The van der Waals surface area contributed by atoms with Crippen molar-refractivity contribution in [1.82, 2.24) is 5.32 Å². The average molecular weight is 251 g/mol. The topological polar surface area (TPSA) is 75.3 Å². The van der Waals surface area contributed by atoms with E-state index in [0.717, 1.165) is 44.7 Å². The van der Waals surface area contributed by atoms with Crippen molar-refractivity contribution in [3.63, 3.8) is 0 Å². The molecule has 0 fully saturated rings. The summed E-state index contributed by atoms with van der Waals surface area (Å²) in [6.07, 6.45) is 5.81. The maximum absolute atomic E-state index is 10.4. The fourth-order valence-corrected chi connectivity index (χ4v) is 1.57. The Morgan fingerprint density at radius 2 is 1.81 bits per heavy atom. The van der Waals surface area contributed by atoms with Gasteiger partial charge >= 0.3 is 5.97 Å². The number of rotatable bonds is 11. The normalized spacial score (nSPS) is 12.6. The van der Waals surface area contributed by atoms with Crippen LogP contribution in [0.1, 0.15) is 38.5 Å². The summed E-state index contributed by atoms with van der Waals surface area (Å²) in [7, 11) is 0. The van der Waals surface area contributed by atoms with Crippen LogP contribution in [-0.2, 0) is 4.79 Å². The summed E-state index contributed by atoms with van der Waals surface area (Å²) >= 11 is 5.56. The van der Waals surface area contributed by atoms with Gasteiger partial charge in [0.1, 0.15) is 6.04 Å². The molecule has 0 radical (unpaired) electrons. The maximum atomic E-state index is 10.4. The summed E-state index contributed by atoms with van der Waals surface area (Å²) < 4.78 is 0. The number of nitrogens with two attached hydrogens (primary N) is 1. The predicted octanol–water partition coefficient (Wildman–Crippen LogP) is 1.57. The van der Waals surface area contributed by atoms with E-state index in [-0.39, 0.29) is 0 Å². The molecule has 0 amide bonds. The quantitative estimate of drug-likeness (QED) is 0.384. The molecule has 0 aromatic carbocycles. The van der Waals surface area contributed by atoms with E-state index in [1.165, 1.54) is 6.42 Å². The first kappa shape index (κ1) is 15.7. The third-order valence-corrected chi connectivity index (χ3v) is 2.69. The van der Waals surface area contributed by atoms with E-state index in [4.69, 9.17) is 22.4 Å². The van der Waals surface area contributed by atoms with Crippen molar-refractivity contribution < 1.29 is 9.90 Å². The molecule has 0 bridgehead atoms. The Labute approximate surface area is 103 Å². The van der Waals surface area contributed by atoms with Crippen LogP contribution in [0.4, 0.5) is 0 Å². The lowest BCUT2D eigenvalue weighted by Crippen LogP contribution is -2.30. The van der Waals surface area contributed by atoms with Crippen molar-refractivity contribution in [2.75, 3.05) is 19.0 Å². The van der Waals surface area contributed by atoms with Gasteiger partial charge in [0.25, 0.3) is 0 Å². The lowest BCUT2D eigenvalue weighted by atomic mass is 10.1. The number of alkyl halides is 1. The number of halogens is 1. The molecular weight excluding hydrogens is 228 g/mol. The van der Waals surface area contributed by atoms with E-state index in [1.54, 1.807) is 0 Å². The van der Waals surface area contributed by atoms with E-state index < -0.39 is 12.0 Å². The molecule has 0 spiro atoms. The molecule has 0 saturated heterocycles. The Kier molecular flexibility index (Phi) is 11.0. The molecule has 0 heterocycles. The monoisotopic (exact) mass is 250 g/mol. The first-order chi connectivity index (χ1) is 7.68. The number of hydrogen-bond donors (Lipinski definition) is 3. The maximum Gasteiger partial charge on any atom is 0.320 e. The summed E-state index contributed by atoms with van der Waals surface area (Å²) in [5.41, 5.74) is 5.38. The minimum absolute atomic E-state index is 0.559. The van der Waals surface area contributed by atoms with E-state index >= 15 is 0 Å². The highest BCUT2D eigenvalue weighted by Crippen LogP contribution is 1.99. The molecule has 0 rings (SSSR count). The van der Waals surface area contributed by atoms with E-state index in [0.29, 0.717) is 6.42 Å². The van der Waals surface area contributed by atoms with Crippen LogP contribution >= 0.6 is 11.6 Å². The molecule has 1 atom stereocenters. The Hall–Kier alpha value is -0.320. The fraction of sp³-hybridized carbons (Fsp3) is 0.909. The number of aliphatic carboxylic acids is 1. The van der Waals surface area contributed by atoms with Crippen molar-refractivity contribution in [3.8, 4) is 0 Å². The largest absolute Gasteiger partial charge is 0.480 e. The van der Waals surface area contributed by atoms with Crippen molar-refractivity contribution >= 4 is 17.6 Å². The Morgan fingerprint density at radius 3 is 2.38 bits per heavy atom. The highest BCUT2D eigenvalue weighted by Gasteiger charge is 2.09. The standard InChI is InChI=1S/C11H23ClN2O2/c12-7-3-1-4-8-14-9-5-2-6-10(13)11(15)16/h10,14H,1-9,13H2,(H,15,16)/t10-/m0/s1. The van der Waals surface area contributed by atoms with E-state index in [1.807, 2.05) is 0 Å². The minimum Gasteiger partial charge on any atom is -0.480 e. The molecule has 0 aliphatic heterocycles. The molecule has 0 unspecified atom stereocenters. The zero-order chi connectivity index (χ0) is 12.2. The summed E-state index contributed by atoms with van der Waals surface area (Å²) in [5, 5.41) is 11.9. The van der Waals surface area contributed by atoms with Crippen molar-refractivity contribution in [1.29, 1.82) is 0 Å². The van der Waals surface area contributed by atoms with Crippen LogP contribution in [0.2, 0.25) is 0 Å². The lowest BCUT2D eigenvalue weighted by molar-refractivity contribution is -0.138. The van der Waals surface area contributed by atoms with Gasteiger partial charge in [-0.2, -0.15) is 0 Å². The van der Waals surface area contributed by atoms with Gasteiger partial charge in [-0.1, -0.05) is 12.8 Å². The van der Waals surface area contributed by atoms with Crippen LogP contribution in [0.3, 0.4) is 0 Å². The van der Waals surface area contributed by atoms with Gasteiger partial charge in [-0.05, 0) is 38.8 Å². The zero-order valence-electron chi connectivity index (χ0n) is 9.75. The molecule has 96 valence electrons. The van der Waals surface area contributed by atoms with Gasteiger partial charge in [0.2, 0.25) is 0 Å². The van der Waals surface area contributed by atoms with Gasteiger partial charge in [0.15, 0.2) is 0 Å². The van der Waals surface area contributed by atoms with Gasteiger partial charge in [0, 0.05) is 5.88 Å². The second-order valence-electron chi connectivity index (χ2n) is 3.94. The number of hydrogen-bond acceptors (Lipinski definition) is 3. The fourth-order valence-electron chi connectivity index (χ4n) is 1.38. The molecule has 16 heavy (non-hydrogen) atoms. The first-order valence-corrected chi connectivity index (χ1v) is 6.47. The average Bonchev–Trinajstić information content (AvgIpc) is 2.26. The number of carboxylic acids is 1. The van der Waals surface area contributed by atoms with Gasteiger partial charge in [-0.25, -0.2) is 0 Å². The summed E-state index contributed by atoms with van der Waals surface area (Å²) in [4.78, 5) is 10.4. The van der Waals surface area contributed by atoms with Gasteiger partial charge in [-0.3, -0.25) is 4.79 Å². The summed E-state index contributed by atoms with van der Waals surface area (Å²) in [5.74, 6) is -0.165. The van der Waals surface area contributed by atoms with Crippen LogP contribution in [0.5, 0.6) is 0 Å². The van der Waals surface area contributed by atoms with E-state index in [2.05, 4.69) is 5.32 Å². The van der Waals surface area contributed by atoms with Gasteiger partial charge in [0.05, 0.1) is 0 Å². The molecule has 0 aliphatic carbocycles. The van der Waals surface area contributed by atoms with Gasteiger partial charge < -0.3 is 16.2 Å². The van der Waals surface area contributed by atoms with Crippen LogP contribution in [-0.4, -0.2) is 36.1 Å². The second kappa shape index (κ2) is 11.2. The Balaban J connectivity index is 3.07. The predicted molar refractivity (Wildman–Crippen MR) is 66.9 cm³/mol. The van der Waals surface area contributed by atoms with Crippen LogP contribution in [0.15, 0.2) is 0 Å². The highest BCUT2D eigenvalue weighted by atomic mass is 35.5. The van der Waals surface area contributed by atoms with Gasteiger partial charge in [-0.15, -0.1) is 11.6 Å². The van der Waals surface area contributed by atoms with Crippen LogP contribution in [0, 0.1) is 0 Å². The molecule has 4 nitrogen and oxygen atoms in total. The smallest absolute Gasteiger partial charge is 0.320 e. The molecule has 0 saturated carbocycles. The summed E-state index contributed by atoms with van der Waals surface area (Å²) in [6, 6.07) is -0.705. The second-order valence-corrected chi connectivity index (χ2v) is 4.32.